The molecule has 8 heteroatoms. The first-order valence-corrected chi connectivity index (χ1v) is 9.34. The van der Waals surface area contributed by atoms with Crippen molar-refractivity contribution in [1.82, 2.24) is 4.98 Å². The van der Waals surface area contributed by atoms with Crippen molar-refractivity contribution >= 4 is 15.7 Å². The predicted molar refractivity (Wildman–Crippen MR) is 87.2 cm³/mol. The molecule has 0 radical (unpaired) electrons. The van der Waals surface area contributed by atoms with E-state index in [9.17, 15) is 17.2 Å². The third kappa shape index (κ3) is 2.23. The summed E-state index contributed by atoms with van der Waals surface area (Å²) in [6.07, 6.45) is 4.23. The van der Waals surface area contributed by atoms with E-state index >= 15 is 0 Å². The second kappa shape index (κ2) is 5.39. The Kier molecular flexibility index (Phi) is 3.50. The van der Waals surface area contributed by atoms with Crippen molar-refractivity contribution in [3.05, 3.63) is 47.8 Å². The number of benzene rings is 1. The molecule has 2 heterocycles. The van der Waals surface area contributed by atoms with E-state index < -0.39 is 26.6 Å². The minimum absolute atomic E-state index is 0.0760. The molecular formula is C17H16F2N2O3S. The molecule has 1 fully saturated rings. The Hall–Kier alpha value is -2.22. The Balaban J connectivity index is 1.85. The van der Waals surface area contributed by atoms with E-state index in [1.807, 2.05) is 0 Å². The largest absolute Gasteiger partial charge is 0.497 e. The summed E-state index contributed by atoms with van der Waals surface area (Å²) in [5.74, 6) is -2.42. The van der Waals surface area contributed by atoms with Crippen LogP contribution < -0.4 is 9.04 Å². The van der Waals surface area contributed by atoms with Crippen LogP contribution in [0.1, 0.15) is 25.0 Å². The van der Waals surface area contributed by atoms with Gasteiger partial charge in [0.15, 0.2) is 4.90 Å². The van der Waals surface area contributed by atoms with Gasteiger partial charge in [-0.1, -0.05) is 6.42 Å². The van der Waals surface area contributed by atoms with Gasteiger partial charge in [0.05, 0.1) is 18.5 Å². The SMILES string of the molecule is COc1cc(F)c(S(=O)(=O)N2CC3(CCC3)c3ncccc32)c(F)c1. The van der Waals surface area contributed by atoms with E-state index in [0.717, 1.165) is 35.7 Å². The molecule has 1 aromatic heterocycles. The van der Waals surface area contributed by atoms with E-state index in [2.05, 4.69) is 4.98 Å². The van der Waals surface area contributed by atoms with Crippen molar-refractivity contribution < 1.29 is 21.9 Å². The molecule has 0 N–H and O–H groups in total. The molecule has 1 saturated carbocycles. The first-order chi connectivity index (χ1) is 11.9. The summed E-state index contributed by atoms with van der Waals surface area (Å²) < 4.78 is 60.7. The number of rotatable bonds is 3. The number of hydrogen-bond donors (Lipinski definition) is 0. The second-order valence-corrected chi connectivity index (χ2v) is 8.24. The molecule has 0 atom stereocenters. The third-order valence-corrected chi connectivity index (χ3v) is 6.88. The summed E-state index contributed by atoms with van der Waals surface area (Å²) in [5, 5.41) is 0. The zero-order valence-electron chi connectivity index (χ0n) is 13.5. The summed E-state index contributed by atoms with van der Waals surface area (Å²) in [4.78, 5) is 3.39. The van der Waals surface area contributed by atoms with E-state index in [1.165, 1.54) is 7.11 Å². The van der Waals surface area contributed by atoms with E-state index in [0.29, 0.717) is 11.4 Å². The van der Waals surface area contributed by atoms with Gasteiger partial charge in [-0.25, -0.2) is 17.2 Å². The summed E-state index contributed by atoms with van der Waals surface area (Å²) in [5.41, 5.74) is 0.749. The first-order valence-electron chi connectivity index (χ1n) is 7.90. The van der Waals surface area contributed by atoms with Gasteiger partial charge in [0.25, 0.3) is 10.0 Å². The molecule has 4 rings (SSSR count). The maximum Gasteiger partial charge on any atom is 0.270 e. The number of ether oxygens (including phenoxy) is 1. The highest BCUT2D eigenvalue weighted by Crippen LogP contribution is 2.52. The number of aromatic nitrogens is 1. The molecule has 1 spiro atoms. The van der Waals surface area contributed by atoms with Crippen molar-refractivity contribution in [2.24, 2.45) is 0 Å². The molecule has 2 aromatic rings. The van der Waals surface area contributed by atoms with Crippen LogP contribution in [0, 0.1) is 11.6 Å². The lowest BCUT2D eigenvalue weighted by atomic mass is 9.68. The lowest BCUT2D eigenvalue weighted by Gasteiger charge is -2.37. The predicted octanol–water partition coefficient (Wildman–Crippen LogP) is 3.00. The van der Waals surface area contributed by atoms with Gasteiger partial charge in [-0.05, 0) is 25.0 Å². The van der Waals surface area contributed by atoms with Crippen molar-refractivity contribution in [3.8, 4) is 5.75 Å². The van der Waals surface area contributed by atoms with Gasteiger partial charge in [-0.2, -0.15) is 0 Å². The topological polar surface area (TPSA) is 59.5 Å². The monoisotopic (exact) mass is 366 g/mol. The molecule has 2 aliphatic rings. The summed E-state index contributed by atoms with van der Waals surface area (Å²) in [6, 6.07) is 5.00. The third-order valence-electron chi connectivity index (χ3n) is 5.07. The molecule has 0 bridgehead atoms. The average Bonchev–Trinajstić information content (AvgIpc) is 2.90. The number of hydrogen-bond acceptors (Lipinski definition) is 4. The Morgan fingerprint density at radius 2 is 1.92 bits per heavy atom. The van der Waals surface area contributed by atoms with Crippen LogP contribution in [0.25, 0.3) is 0 Å². The van der Waals surface area contributed by atoms with Crippen molar-refractivity contribution in [2.75, 3.05) is 18.0 Å². The standard InChI is InChI=1S/C17H16F2N2O3S/c1-24-11-8-12(18)15(13(19)9-11)25(22,23)21-10-17(5-3-6-17)16-14(21)4-2-7-20-16/h2,4,7-9H,3,5-6,10H2,1H3. The fourth-order valence-corrected chi connectivity index (χ4v) is 5.32. The number of nitrogens with zero attached hydrogens (tertiary/aromatic N) is 2. The lowest BCUT2D eigenvalue weighted by Crippen LogP contribution is -2.42. The molecule has 132 valence electrons. The molecule has 0 saturated heterocycles. The molecule has 0 unspecified atom stereocenters. The molecule has 1 aliphatic heterocycles. The van der Waals surface area contributed by atoms with Gasteiger partial charge >= 0.3 is 0 Å². The van der Waals surface area contributed by atoms with Crippen LogP contribution in [-0.4, -0.2) is 27.1 Å². The zero-order chi connectivity index (χ0) is 17.8. The van der Waals surface area contributed by atoms with E-state index in [1.54, 1.807) is 18.3 Å². The summed E-state index contributed by atoms with van der Waals surface area (Å²) in [7, 11) is -3.14. The number of methoxy groups -OCH3 is 1. The van der Waals surface area contributed by atoms with Crippen LogP contribution in [-0.2, 0) is 15.4 Å². The summed E-state index contributed by atoms with van der Waals surface area (Å²) in [6.45, 7) is 0.159. The molecule has 1 aromatic carbocycles. The lowest BCUT2D eigenvalue weighted by molar-refractivity contribution is 0.261. The Morgan fingerprint density at radius 1 is 1.24 bits per heavy atom. The van der Waals surface area contributed by atoms with Crippen molar-refractivity contribution in [3.63, 3.8) is 0 Å². The fourth-order valence-electron chi connectivity index (χ4n) is 3.67. The first kappa shape index (κ1) is 16.3. The van der Waals surface area contributed by atoms with Crippen LogP contribution in [0.15, 0.2) is 35.4 Å². The molecule has 5 nitrogen and oxygen atoms in total. The molecule has 25 heavy (non-hydrogen) atoms. The minimum Gasteiger partial charge on any atom is -0.497 e. The van der Waals surface area contributed by atoms with Crippen LogP contribution >= 0.6 is 0 Å². The van der Waals surface area contributed by atoms with Gasteiger partial charge in [-0.15, -0.1) is 0 Å². The quantitative estimate of drug-likeness (QED) is 0.838. The normalized spacial score (nSPS) is 18.1. The Labute approximate surface area is 144 Å². The Morgan fingerprint density at radius 3 is 2.48 bits per heavy atom. The fraction of sp³-hybridized carbons (Fsp3) is 0.353. The maximum atomic E-state index is 14.4. The molecular weight excluding hydrogens is 350 g/mol. The van der Waals surface area contributed by atoms with Gasteiger partial charge in [0, 0.05) is 30.3 Å². The maximum absolute atomic E-state index is 14.4. The van der Waals surface area contributed by atoms with Gasteiger partial charge in [0.2, 0.25) is 0 Å². The van der Waals surface area contributed by atoms with E-state index in [-0.39, 0.29) is 17.7 Å². The summed E-state index contributed by atoms with van der Waals surface area (Å²) >= 11 is 0. The average molecular weight is 366 g/mol. The number of pyridine rings is 1. The molecule has 1 aliphatic carbocycles. The van der Waals surface area contributed by atoms with Gasteiger partial charge in [0.1, 0.15) is 17.4 Å². The number of halogens is 2. The number of sulfonamides is 1. The van der Waals surface area contributed by atoms with E-state index in [4.69, 9.17) is 4.74 Å². The van der Waals surface area contributed by atoms with Gasteiger partial charge in [-0.3, -0.25) is 9.29 Å². The van der Waals surface area contributed by atoms with Crippen molar-refractivity contribution in [2.45, 2.75) is 29.6 Å². The van der Waals surface area contributed by atoms with Crippen LogP contribution in [0.5, 0.6) is 5.75 Å². The van der Waals surface area contributed by atoms with Gasteiger partial charge < -0.3 is 4.74 Å². The minimum atomic E-state index is -4.40. The highest BCUT2D eigenvalue weighted by molar-refractivity contribution is 7.92. The smallest absolute Gasteiger partial charge is 0.270 e. The number of fused-ring (bicyclic) bond motifs is 2. The van der Waals surface area contributed by atoms with Crippen LogP contribution in [0.4, 0.5) is 14.5 Å². The zero-order valence-corrected chi connectivity index (χ0v) is 14.3. The van der Waals surface area contributed by atoms with Crippen molar-refractivity contribution in [1.29, 1.82) is 0 Å². The molecule has 0 amide bonds. The Bertz CT molecular complexity index is 935. The number of anilines is 1. The second-order valence-electron chi connectivity index (χ2n) is 6.44. The van der Waals surface area contributed by atoms with Crippen LogP contribution in [0.3, 0.4) is 0 Å². The highest BCUT2D eigenvalue weighted by Gasteiger charge is 2.52. The highest BCUT2D eigenvalue weighted by atomic mass is 32.2. The van der Waals surface area contributed by atoms with Crippen LogP contribution in [0.2, 0.25) is 0 Å².